The first-order chi connectivity index (χ1) is 17.3. The lowest BCUT2D eigenvalue weighted by atomic mass is 9.98. The van der Waals surface area contributed by atoms with Gasteiger partial charge in [-0.1, -0.05) is 24.3 Å². The fourth-order valence-corrected chi connectivity index (χ4v) is 4.59. The van der Waals surface area contributed by atoms with Crippen LogP contribution < -0.4 is 10.6 Å². The summed E-state index contributed by atoms with van der Waals surface area (Å²) in [5, 5.41) is 19.2. The second kappa shape index (κ2) is 9.21. The quantitative estimate of drug-likeness (QED) is 0.384. The lowest BCUT2D eigenvalue weighted by Gasteiger charge is -2.16. The minimum absolute atomic E-state index is 0.00161. The Kier molecular flexibility index (Phi) is 5.93. The molecule has 0 radical (unpaired) electrons. The SMILES string of the molecule is Cc1c(C(=O)O)ccc2c1CC[C@@H]2NC(=O)c1cc(C(=O)NCc2ccccc2F)nc2ccnn12. The van der Waals surface area contributed by atoms with Crippen LogP contribution in [0, 0.1) is 12.7 Å². The highest BCUT2D eigenvalue weighted by Crippen LogP contribution is 2.34. The van der Waals surface area contributed by atoms with Crippen molar-refractivity contribution >= 4 is 23.4 Å². The van der Waals surface area contributed by atoms with E-state index in [-0.39, 0.29) is 29.5 Å². The van der Waals surface area contributed by atoms with Gasteiger partial charge < -0.3 is 15.7 Å². The molecule has 2 amide bonds. The minimum atomic E-state index is -0.985. The van der Waals surface area contributed by atoms with Gasteiger partial charge in [-0.3, -0.25) is 9.59 Å². The number of rotatable bonds is 6. The van der Waals surface area contributed by atoms with Crippen LogP contribution >= 0.6 is 0 Å². The first-order valence-corrected chi connectivity index (χ1v) is 11.4. The molecule has 4 aromatic rings. The molecule has 36 heavy (non-hydrogen) atoms. The maximum atomic E-state index is 13.9. The molecular weight excluding hydrogens is 465 g/mol. The summed E-state index contributed by atoms with van der Waals surface area (Å²) >= 11 is 0. The number of nitrogens with zero attached hydrogens (tertiary/aromatic N) is 3. The van der Waals surface area contributed by atoms with E-state index in [4.69, 9.17) is 0 Å². The van der Waals surface area contributed by atoms with Crippen LogP contribution in [-0.2, 0) is 13.0 Å². The maximum Gasteiger partial charge on any atom is 0.335 e. The van der Waals surface area contributed by atoms with Gasteiger partial charge in [0.1, 0.15) is 17.2 Å². The summed E-state index contributed by atoms with van der Waals surface area (Å²) in [6.45, 7) is 1.74. The van der Waals surface area contributed by atoms with E-state index in [0.717, 1.165) is 11.1 Å². The largest absolute Gasteiger partial charge is 0.478 e. The molecule has 3 N–H and O–H groups in total. The topological polar surface area (TPSA) is 126 Å². The van der Waals surface area contributed by atoms with Crippen molar-refractivity contribution in [2.75, 3.05) is 0 Å². The monoisotopic (exact) mass is 487 g/mol. The normalized spacial score (nSPS) is 14.4. The first kappa shape index (κ1) is 23.2. The molecular formula is C26H22FN5O4. The number of aromatic carboxylic acids is 1. The van der Waals surface area contributed by atoms with E-state index in [2.05, 4.69) is 20.7 Å². The molecule has 1 aliphatic carbocycles. The van der Waals surface area contributed by atoms with E-state index < -0.39 is 23.6 Å². The number of aromatic nitrogens is 3. The summed E-state index contributed by atoms with van der Waals surface area (Å²) in [5.41, 5.74) is 3.50. The summed E-state index contributed by atoms with van der Waals surface area (Å²) in [7, 11) is 0. The fraction of sp³-hybridized carbons (Fsp3) is 0.192. The Labute approximate surface area is 205 Å². The van der Waals surface area contributed by atoms with Gasteiger partial charge in [0.2, 0.25) is 0 Å². The van der Waals surface area contributed by atoms with Crippen LogP contribution in [0.3, 0.4) is 0 Å². The highest BCUT2D eigenvalue weighted by atomic mass is 19.1. The van der Waals surface area contributed by atoms with E-state index in [0.29, 0.717) is 29.6 Å². The van der Waals surface area contributed by atoms with Crippen LogP contribution in [0.15, 0.2) is 54.7 Å². The number of halogens is 1. The fourth-order valence-electron chi connectivity index (χ4n) is 4.59. The molecule has 0 fully saturated rings. The number of fused-ring (bicyclic) bond motifs is 2. The van der Waals surface area contributed by atoms with Crippen LogP contribution in [0.2, 0.25) is 0 Å². The zero-order chi connectivity index (χ0) is 25.4. The Bertz CT molecular complexity index is 1530. The third kappa shape index (κ3) is 4.17. The van der Waals surface area contributed by atoms with Crippen LogP contribution in [0.4, 0.5) is 4.39 Å². The number of hydrogen-bond acceptors (Lipinski definition) is 5. The van der Waals surface area contributed by atoms with E-state index in [1.54, 1.807) is 43.3 Å². The predicted octanol–water partition coefficient (Wildman–Crippen LogP) is 3.22. The van der Waals surface area contributed by atoms with E-state index >= 15 is 0 Å². The third-order valence-corrected chi connectivity index (χ3v) is 6.45. The molecule has 2 aromatic heterocycles. The van der Waals surface area contributed by atoms with Crippen LogP contribution in [0.25, 0.3) is 5.65 Å². The van der Waals surface area contributed by atoms with Crippen molar-refractivity contribution in [2.24, 2.45) is 0 Å². The number of nitrogens with one attached hydrogen (secondary N) is 2. The molecule has 0 bridgehead atoms. The van der Waals surface area contributed by atoms with Crippen molar-refractivity contribution in [3.05, 3.63) is 99.8 Å². The molecule has 2 heterocycles. The molecule has 1 atom stereocenters. The Morgan fingerprint density at radius 2 is 1.94 bits per heavy atom. The van der Waals surface area contributed by atoms with Gasteiger partial charge in [0, 0.05) is 24.2 Å². The van der Waals surface area contributed by atoms with Crippen molar-refractivity contribution < 1.29 is 23.9 Å². The number of carboxylic acids is 1. The highest BCUT2D eigenvalue weighted by molar-refractivity contribution is 5.98. The van der Waals surface area contributed by atoms with Gasteiger partial charge in [-0.2, -0.15) is 5.10 Å². The number of carbonyl (C=O) groups excluding carboxylic acids is 2. The summed E-state index contributed by atoms with van der Waals surface area (Å²) < 4.78 is 15.2. The zero-order valence-electron chi connectivity index (χ0n) is 19.3. The third-order valence-electron chi connectivity index (χ3n) is 6.45. The summed E-state index contributed by atoms with van der Waals surface area (Å²) in [6.07, 6.45) is 2.74. The van der Waals surface area contributed by atoms with Crippen LogP contribution in [-0.4, -0.2) is 37.5 Å². The van der Waals surface area contributed by atoms with E-state index in [1.165, 1.54) is 22.8 Å². The molecule has 0 spiro atoms. The van der Waals surface area contributed by atoms with Gasteiger partial charge in [0.25, 0.3) is 11.8 Å². The summed E-state index contributed by atoms with van der Waals surface area (Å²) in [5.74, 6) is -2.42. The molecule has 9 nitrogen and oxygen atoms in total. The Morgan fingerprint density at radius 1 is 1.14 bits per heavy atom. The highest BCUT2D eigenvalue weighted by Gasteiger charge is 2.28. The number of carbonyl (C=O) groups is 3. The lowest BCUT2D eigenvalue weighted by Crippen LogP contribution is -2.30. The van der Waals surface area contributed by atoms with Crippen LogP contribution in [0.5, 0.6) is 0 Å². The predicted molar refractivity (Wildman–Crippen MR) is 127 cm³/mol. The van der Waals surface area contributed by atoms with Gasteiger partial charge in [-0.15, -0.1) is 0 Å². The van der Waals surface area contributed by atoms with Crippen molar-refractivity contribution in [3.8, 4) is 0 Å². The van der Waals surface area contributed by atoms with Gasteiger partial charge in [0.15, 0.2) is 5.65 Å². The van der Waals surface area contributed by atoms with E-state index in [1.807, 2.05) is 0 Å². The van der Waals surface area contributed by atoms with E-state index in [9.17, 15) is 23.9 Å². The Hall–Kier alpha value is -4.60. The van der Waals surface area contributed by atoms with Crippen molar-refractivity contribution in [1.29, 1.82) is 0 Å². The Balaban J connectivity index is 1.39. The summed E-state index contributed by atoms with van der Waals surface area (Å²) in [4.78, 5) is 41.8. The molecule has 10 heteroatoms. The van der Waals surface area contributed by atoms with Gasteiger partial charge >= 0.3 is 5.97 Å². The second-order valence-corrected chi connectivity index (χ2v) is 8.58. The van der Waals surface area contributed by atoms with Crippen molar-refractivity contribution in [1.82, 2.24) is 25.2 Å². The van der Waals surface area contributed by atoms with Gasteiger partial charge in [-0.05, 0) is 48.6 Å². The number of hydrogen-bond donors (Lipinski definition) is 3. The molecule has 5 rings (SSSR count). The smallest absolute Gasteiger partial charge is 0.335 e. The standard InChI is InChI=1S/C26H22FN5O4/c1-14-16-8-9-20(18(16)7-6-17(14)26(35)36)31-25(34)22-12-21(30-23-10-11-29-32(22)23)24(33)28-13-15-4-2-3-5-19(15)27/h2-7,10-12,20H,8-9,13H2,1H3,(H,28,33)(H,31,34)(H,35,36)/t20-/m0/s1. The lowest BCUT2D eigenvalue weighted by molar-refractivity contribution is 0.0695. The molecule has 182 valence electrons. The zero-order valence-corrected chi connectivity index (χ0v) is 19.3. The number of amides is 2. The van der Waals surface area contributed by atoms with Crippen molar-refractivity contribution in [2.45, 2.75) is 32.4 Å². The van der Waals surface area contributed by atoms with Gasteiger partial charge in [-0.25, -0.2) is 18.7 Å². The second-order valence-electron chi connectivity index (χ2n) is 8.58. The maximum absolute atomic E-state index is 13.9. The van der Waals surface area contributed by atoms with Crippen LogP contribution in [0.1, 0.15) is 66.1 Å². The molecule has 1 aliphatic rings. The van der Waals surface area contributed by atoms with Gasteiger partial charge in [0.05, 0.1) is 17.8 Å². The summed E-state index contributed by atoms with van der Waals surface area (Å²) in [6, 6.07) is 12.0. The molecule has 2 aromatic carbocycles. The first-order valence-electron chi connectivity index (χ1n) is 11.4. The average Bonchev–Trinajstić information content (AvgIpc) is 3.50. The molecule has 0 saturated heterocycles. The Morgan fingerprint density at radius 3 is 2.72 bits per heavy atom. The molecule has 0 aliphatic heterocycles. The number of carboxylic acid groups (broad SMARTS) is 1. The number of benzene rings is 2. The molecule has 0 saturated carbocycles. The van der Waals surface area contributed by atoms with Crippen molar-refractivity contribution in [3.63, 3.8) is 0 Å². The average molecular weight is 487 g/mol. The molecule has 0 unspecified atom stereocenters. The minimum Gasteiger partial charge on any atom is -0.478 e.